The molecule has 0 fully saturated rings. The van der Waals surface area contributed by atoms with Gasteiger partial charge in [-0.15, -0.1) is 0 Å². The van der Waals surface area contributed by atoms with Crippen molar-refractivity contribution in [3.63, 3.8) is 0 Å². The minimum absolute atomic E-state index is 1.09. The van der Waals surface area contributed by atoms with Crippen LogP contribution in [0.4, 0.5) is 5.69 Å². The van der Waals surface area contributed by atoms with Crippen LogP contribution in [0.3, 0.4) is 0 Å². The van der Waals surface area contributed by atoms with E-state index < -0.39 is 0 Å². The zero-order valence-electron chi connectivity index (χ0n) is 8.59. The summed E-state index contributed by atoms with van der Waals surface area (Å²) in [6, 6.07) is 6.70. The number of anilines is 1. The van der Waals surface area contributed by atoms with Gasteiger partial charge in [0, 0.05) is 35.9 Å². The van der Waals surface area contributed by atoms with Gasteiger partial charge in [0.15, 0.2) is 0 Å². The van der Waals surface area contributed by atoms with Crippen LogP contribution in [0.2, 0.25) is 0 Å². The number of hydrogen-bond donors (Lipinski definition) is 1. The van der Waals surface area contributed by atoms with Gasteiger partial charge >= 0.3 is 0 Å². The molecule has 2 aromatic rings. The van der Waals surface area contributed by atoms with Crippen LogP contribution in [-0.4, -0.2) is 11.1 Å². The van der Waals surface area contributed by atoms with E-state index in [0.29, 0.717) is 0 Å². The van der Waals surface area contributed by atoms with Crippen LogP contribution >= 0.6 is 0 Å². The number of aryl methyl sites for hydroxylation is 2. The molecule has 0 saturated carbocycles. The van der Waals surface area contributed by atoms with Crippen LogP contribution < -0.4 is 5.32 Å². The molecule has 1 aromatic heterocycles. The van der Waals surface area contributed by atoms with Gasteiger partial charge in [0.05, 0.1) is 0 Å². The Kier molecular flexibility index (Phi) is 1.43. The largest absolute Gasteiger partial charge is 0.384 e. The maximum Gasteiger partial charge on any atom is 0.0484 e. The predicted octanol–water partition coefficient (Wildman–Crippen LogP) is 2.45. The highest BCUT2D eigenvalue weighted by atomic mass is 14.9. The molecule has 0 bridgehead atoms. The summed E-state index contributed by atoms with van der Waals surface area (Å²) in [7, 11) is 2.13. The Hall–Kier alpha value is -1.44. The predicted molar refractivity (Wildman–Crippen MR) is 59.8 cm³/mol. The monoisotopic (exact) mass is 186 g/mol. The van der Waals surface area contributed by atoms with E-state index in [9.17, 15) is 0 Å². The normalized spacial score (nSPS) is 14.4. The molecule has 72 valence electrons. The maximum atomic E-state index is 3.41. The summed E-state index contributed by atoms with van der Waals surface area (Å²) in [6.45, 7) is 3.25. The first-order valence-corrected chi connectivity index (χ1v) is 5.09. The van der Waals surface area contributed by atoms with E-state index in [2.05, 4.69) is 42.1 Å². The molecule has 0 unspecified atom stereocenters. The minimum Gasteiger partial charge on any atom is -0.384 e. The van der Waals surface area contributed by atoms with Crippen molar-refractivity contribution in [2.75, 3.05) is 11.9 Å². The van der Waals surface area contributed by atoms with Crippen LogP contribution in [0.1, 0.15) is 11.3 Å². The maximum absolute atomic E-state index is 3.41. The van der Waals surface area contributed by atoms with Crippen LogP contribution in [-0.2, 0) is 13.5 Å². The first-order chi connectivity index (χ1) is 6.77. The van der Waals surface area contributed by atoms with Crippen LogP contribution in [0.25, 0.3) is 10.9 Å². The Morgan fingerprint density at radius 2 is 2.21 bits per heavy atom. The molecule has 0 atom stereocenters. The third-order valence-electron chi connectivity index (χ3n) is 3.27. The second-order valence-corrected chi connectivity index (χ2v) is 4.05. The standard InChI is InChI=1S/C12H14N2/c1-8-7-10-9-5-6-13-11(9)3-4-12(10)14(8)2/h3-4,7,13H,5-6H2,1-2H3. The number of aromatic nitrogens is 1. The molecule has 1 N–H and O–H groups in total. The fraction of sp³-hybridized carbons (Fsp3) is 0.333. The van der Waals surface area contributed by atoms with Crippen molar-refractivity contribution >= 4 is 16.6 Å². The van der Waals surface area contributed by atoms with E-state index in [1.165, 1.54) is 27.8 Å². The summed E-state index contributed by atoms with van der Waals surface area (Å²) in [4.78, 5) is 0. The van der Waals surface area contributed by atoms with Gasteiger partial charge in [0.1, 0.15) is 0 Å². The second kappa shape index (κ2) is 2.53. The number of fused-ring (bicyclic) bond motifs is 3. The van der Waals surface area contributed by atoms with Gasteiger partial charge < -0.3 is 9.88 Å². The Balaban J connectivity index is 2.44. The Bertz CT molecular complexity index is 509. The van der Waals surface area contributed by atoms with Crippen molar-refractivity contribution in [2.24, 2.45) is 7.05 Å². The van der Waals surface area contributed by atoms with Crippen molar-refractivity contribution in [3.8, 4) is 0 Å². The third-order valence-corrected chi connectivity index (χ3v) is 3.27. The highest BCUT2D eigenvalue weighted by Gasteiger charge is 2.15. The second-order valence-electron chi connectivity index (χ2n) is 4.05. The molecule has 2 heterocycles. The Morgan fingerprint density at radius 3 is 3.07 bits per heavy atom. The van der Waals surface area contributed by atoms with Crippen molar-refractivity contribution < 1.29 is 0 Å². The van der Waals surface area contributed by atoms with Crippen LogP contribution in [0.5, 0.6) is 0 Å². The number of rotatable bonds is 0. The Labute approximate surface area is 83.5 Å². The molecular formula is C12H14N2. The molecule has 0 amide bonds. The molecule has 0 radical (unpaired) electrons. The number of benzene rings is 1. The fourth-order valence-corrected chi connectivity index (χ4v) is 2.36. The lowest BCUT2D eigenvalue weighted by Gasteiger charge is -2.02. The van der Waals surface area contributed by atoms with Gasteiger partial charge in [-0.05, 0) is 37.1 Å². The van der Waals surface area contributed by atoms with Crippen LogP contribution in [0, 0.1) is 6.92 Å². The SMILES string of the molecule is Cc1cc2c3c(ccc2n1C)NCC3. The molecule has 0 spiro atoms. The highest BCUT2D eigenvalue weighted by Crippen LogP contribution is 2.31. The minimum atomic E-state index is 1.09. The highest BCUT2D eigenvalue weighted by molar-refractivity contribution is 5.90. The fourth-order valence-electron chi connectivity index (χ4n) is 2.36. The number of hydrogen-bond acceptors (Lipinski definition) is 1. The van der Waals surface area contributed by atoms with Crippen molar-refractivity contribution in [1.82, 2.24) is 4.57 Å². The summed E-state index contributed by atoms with van der Waals surface area (Å²) in [6.07, 6.45) is 1.16. The van der Waals surface area contributed by atoms with E-state index in [-0.39, 0.29) is 0 Å². The smallest absolute Gasteiger partial charge is 0.0484 e. The van der Waals surface area contributed by atoms with E-state index in [0.717, 1.165) is 13.0 Å². The average Bonchev–Trinajstić information content (AvgIpc) is 2.73. The zero-order chi connectivity index (χ0) is 9.71. The molecule has 0 saturated heterocycles. The van der Waals surface area contributed by atoms with E-state index >= 15 is 0 Å². The first kappa shape index (κ1) is 7.92. The van der Waals surface area contributed by atoms with Crippen LogP contribution in [0.15, 0.2) is 18.2 Å². The molecule has 3 rings (SSSR count). The van der Waals surface area contributed by atoms with E-state index in [4.69, 9.17) is 0 Å². The quantitative estimate of drug-likeness (QED) is 0.668. The van der Waals surface area contributed by atoms with Gasteiger partial charge in [0.2, 0.25) is 0 Å². The van der Waals surface area contributed by atoms with Gasteiger partial charge in [-0.25, -0.2) is 0 Å². The first-order valence-electron chi connectivity index (χ1n) is 5.09. The summed E-state index contributed by atoms with van der Waals surface area (Å²) >= 11 is 0. The average molecular weight is 186 g/mol. The molecule has 1 aliphatic rings. The lowest BCUT2D eigenvalue weighted by atomic mass is 10.1. The lowest BCUT2D eigenvalue weighted by molar-refractivity contribution is 0.918. The van der Waals surface area contributed by atoms with Gasteiger partial charge in [0.25, 0.3) is 0 Å². The lowest BCUT2D eigenvalue weighted by Crippen LogP contribution is -1.91. The molecule has 1 aromatic carbocycles. The molecule has 2 heteroatoms. The topological polar surface area (TPSA) is 17.0 Å². The van der Waals surface area contributed by atoms with Crippen molar-refractivity contribution in [1.29, 1.82) is 0 Å². The molecule has 2 nitrogen and oxygen atoms in total. The third kappa shape index (κ3) is 0.857. The summed E-state index contributed by atoms with van der Waals surface area (Å²) in [5.74, 6) is 0. The molecule has 14 heavy (non-hydrogen) atoms. The summed E-state index contributed by atoms with van der Waals surface area (Å²) in [5.41, 5.74) is 5.50. The van der Waals surface area contributed by atoms with Gasteiger partial charge in [-0.3, -0.25) is 0 Å². The van der Waals surface area contributed by atoms with E-state index in [1.54, 1.807) is 0 Å². The van der Waals surface area contributed by atoms with Gasteiger partial charge in [-0.1, -0.05) is 0 Å². The van der Waals surface area contributed by atoms with Crippen molar-refractivity contribution in [2.45, 2.75) is 13.3 Å². The summed E-state index contributed by atoms with van der Waals surface area (Å²) in [5, 5.41) is 4.84. The number of nitrogens with one attached hydrogen (secondary N) is 1. The molecule has 1 aliphatic heterocycles. The van der Waals surface area contributed by atoms with E-state index in [1.807, 2.05) is 0 Å². The number of nitrogens with zero attached hydrogens (tertiary/aromatic N) is 1. The summed E-state index contributed by atoms with van der Waals surface area (Å²) < 4.78 is 2.26. The Morgan fingerprint density at radius 1 is 1.36 bits per heavy atom. The van der Waals surface area contributed by atoms with Crippen molar-refractivity contribution in [3.05, 3.63) is 29.5 Å². The molecular weight excluding hydrogens is 172 g/mol. The zero-order valence-corrected chi connectivity index (χ0v) is 8.59. The van der Waals surface area contributed by atoms with Gasteiger partial charge in [-0.2, -0.15) is 0 Å². The molecule has 0 aliphatic carbocycles.